The predicted molar refractivity (Wildman–Crippen MR) is 44.8 cm³/mol. The third kappa shape index (κ3) is 0.851. The van der Waals surface area contributed by atoms with Crippen molar-refractivity contribution >= 4 is 22.6 Å². The molecule has 3 rings (SSSR count). The van der Waals surface area contributed by atoms with Gasteiger partial charge in [-0.2, -0.15) is 0 Å². The maximum atomic E-state index is 4.18. The van der Waals surface area contributed by atoms with E-state index in [1.807, 2.05) is 0 Å². The second-order valence-electron chi connectivity index (χ2n) is 2.51. The highest BCUT2D eigenvalue weighted by Crippen LogP contribution is 2.07. The number of nitrogens with zero attached hydrogens (tertiary/aromatic N) is 5. The minimum atomic E-state index is 0.527. The molecule has 0 bridgehead atoms. The zero-order valence-electron chi connectivity index (χ0n) is 6.47. The van der Waals surface area contributed by atoms with E-state index in [9.17, 15) is 0 Å². The van der Waals surface area contributed by atoms with Crippen molar-refractivity contribution in [1.29, 1.82) is 0 Å². The average molecular weight is 172 g/mol. The minimum absolute atomic E-state index is 0.527. The number of aromatic nitrogens is 6. The lowest BCUT2D eigenvalue weighted by Crippen LogP contribution is -1.90. The SMILES string of the molecule is c1nc2nc3ncc[nH]c3nc2n1. The average Bonchev–Trinajstić information content (AvgIpc) is 2.61. The summed E-state index contributed by atoms with van der Waals surface area (Å²) < 4.78 is 0. The van der Waals surface area contributed by atoms with Crippen LogP contribution in [-0.4, -0.2) is 29.9 Å². The second kappa shape index (κ2) is 2.19. The highest BCUT2D eigenvalue weighted by molar-refractivity contribution is 5.76. The zero-order chi connectivity index (χ0) is 8.67. The van der Waals surface area contributed by atoms with Crippen molar-refractivity contribution < 1.29 is 0 Å². The molecule has 0 saturated heterocycles. The van der Waals surface area contributed by atoms with Crippen LogP contribution in [0, 0.1) is 0 Å². The van der Waals surface area contributed by atoms with Crippen molar-refractivity contribution in [3.63, 3.8) is 0 Å². The molecule has 3 aromatic rings. The van der Waals surface area contributed by atoms with Gasteiger partial charge in [0.1, 0.15) is 6.33 Å². The molecule has 0 radical (unpaired) electrons. The van der Waals surface area contributed by atoms with E-state index in [-0.39, 0.29) is 0 Å². The van der Waals surface area contributed by atoms with Crippen LogP contribution in [0.25, 0.3) is 22.6 Å². The molecule has 0 aliphatic heterocycles. The van der Waals surface area contributed by atoms with Crippen molar-refractivity contribution in [3.05, 3.63) is 18.7 Å². The van der Waals surface area contributed by atoms with Gasteiger partial charge in [0, 0.05) is 12.4 Å². The first-order valence-corrected chi connectivity index (χ1v) is 3.71. The summed E-state index contributed by atoms with van der Waals surface area (Å²) in [4.78, 5) is 23.2. The first-order chi connectivity index (χ1) is 6.43. The Balaban J connectivity index is 2.57. The van der Waals surface area contributed by atoms with E-state index >= 15 is 0 Å². The fourth-order valence-corrected chi connectivity index (χ4v) is 1.13. The molecule has 0 saturated carbocycles. The van der Waals surface area contributed by atoms with Crippen molar-refractivity contribution in [2.24, 2.45) is 0 Å². The molecule has 1 N–H and O–H groups in total. The molecule has 0 fully saturated rings. The zero-order valence-corrected chi connectivity index (χ0v) is 6.47. The van der Waals surface area contributed by atoms with Crippen molar-refractivity contribution in [1.82, 2.24) is 29.9 Å². The molecule has 0 atom stereocenters. The monoisotopic (exact) mass is 172 g/mol. The van der Waals surface area contributed by atoms with Gasteiger partial charge in [0.05, 0.1) is 0 Å². The van der Waals surface area contributed by atoms with E-state index in [2.05, 4.69) is 29.9 Å². The van der Waals surface area contributed by atoms with Gasteiger partial charge in [0.15, 0.2) is 11.3 Å². The Hall–Kier alpha value is -2.11. The van der Waals surface area contributed by atoms with Gasteiger partial charge in [-0.25, -0.2) is 24.9 Å². The van der Waals surface area contributed by atoms with Crippen LogP contribution in [0.15, 0.2) is 18.7 Å². The van der Waals surface area contributed by atoms with E-state index in [1.54, 1.807) is 12.4 Å². The summed E-state index contributed by atoms with van der Waals surface area (Å²) in [7, 11) is 0. The van der Waals surface area contributed by atoms with E-state index in [0.717, 1.165) is 0 Å². The number of nitrogens with one attached hydrogen (secondary N) is 1. The summed E-state index contributed by atoms with van der Waals surface area (Å²) in [6.07, 6.45) is 4.75. The molecule has 62 valence electrons. The van der Waals surface area contributed by atoms with Crippen LogP contribution in [-0.2, 0) is 0 Å². The van der Waals surface area contributed by atoms with Gasteiger partial charge in [0.2, 0.25) is 11.3 Å². The quantitative estimate of drug-likeness (QED) is 0.527. The van der Waals surface area contributed by atoms with Gasteiger partial charge in [-0.05, 0) is 0 Å². The Kier molecular flexibility index (Phi) is 1.08. The number of H-pyrrole nitrogens is 1. The lowest BCUT2D eigenvalue weighted by molar-refractivity contribution is 1.19. The molecule has 0 unspecified atom stereocenters. The number of hydrogen-bond donors (Lipinski definition) is 1. The Morgan fingerprint density at radius 2 is 1.77 bits per heavy atom. The third-order valence-corrected chi connectivity index (χ3v) is 1.69. The Morgan fingerprint density at radius 1 is 0.923 bits per heavy atom. The molecule has 3 aromatic heterocycles. The van der Waals surface area contributed by atoms with E-state index in [0.29, 0.717) is 22.6 Å². The summed E-state index contributed by atoms with van der Waals surface area (Å²) in [6, 6.07) is 0. The van der Waals surface area contributed by atoms with Crippen LogP contribution in [0.4, 0.5) is 0 Å². The van der Waals surface area contributed by atoms with E-state index < -0.39 is 0 Å². The molecule has 3 heterocycles. The highest BCUT2D eigenvalue weighted by Gasteiger charge is 2.03. The number of rotatable bonds is 0. The number of imidazole rings is 1. The predicted octanol–water partition coefficient (Wildman–Crippen LogP) is 0.296. The fraction of sp³-hybridized carbons (Fsp3) is 0. The number of fused-ring (bicyclic) bond motifs is 2. The lowest BCUT2D eigenvalue weighted by Gasteiger charge is -1.93. The molecule has 0 aromatic carbocycles. The Labute approximate surface area is 72.1 Å². The van der Waals surface area contributed by atoms with Gasteiger partial charge >= 0.3 is 0 Å². The molecule has 6 heteroatoms. The van der Waals surface area contributed by atoms with Crippen LogP contribution in [0.2, 0.25) is 0 Å². The maximum Gasteiger partial charge on any atom is 0.201 e. The molecule has 0 aliphatic rings. The van der Waals surface area contributed by atoms with Gasteiger partial charge < -0.3 is 4.98 Å². The minimum Gasteiger partial charge on any atom is -0.342 e. The fourth-order valence-electron chi connectivity index (χ4n) is 1.13. The van der Waals surface area contributed by atoms with Gasteiger partial charge in [0.25, 0.3) is 0 Å². The van der Waals surface area contributed by atoms with Crippen LogP contribution >= 0.6 is 0 Å². The van der Waals surface area contributed by atoms with Crippen LogP contribution < -0.4 is 0 Å². The van der Waals surface area contributed by atoms with Crippen LogP contribution in [0.1, 0.15) is 0 Å². The number of aromatic amines is 1. The summed E-state index contributed by atoms with van der Waals surface area (Å²) in [5.41, 5.74) is 2.24. The molecule has 6 nitrogen and oxygen atoms in total. The van der Waals surface area contributed by atoms with Gasteiger partial charge in [-0.1, -0.05) is 0 Å². The van der Waals surface area contributed by atoms with E-state index in [4.69, 9.17) is 0 Å². The maximum absolute atomic E-state index is 4.18. The van der Waals surface area contributed by atoms with Crippen molar-refractivity contribution in [2.75, 3.05) is 0 Å². The van der Waals surface area contributed by atoms with E-state index in [1.165, 1.54) is 6.33 Å². The molecule has 0 aliphatic carbocycles. The summed E-state index contributed by atoms with van der Waals surface area (Å²) >= 11 is 0. The largest absolute Gasteiger partial charge is 0.342 e. The summed E-state index contributed by atoms with van der Waals surface area (Å²) in [5.74, 6) is 0. The first kappa shape index (κ1) is 6.41. The normalized spacial score (nSPS) is 11.1. The van der Waals surface area contributed by atoms with Crippen molar-refractivity contribution in [2.45, 2.75) is 0 Å². The Morgan fingerprint density at radius 3 is 2.69 bits per heavy atom. The molecular weight excluding hydrogens is 168 g/mol. The lowest BCUT2D eigenvalue weighted by atomic mass is 10.6. The highest BCUT2D eigenvalue weighted by atomic mass is 15.1. The topological polar surface area (TPSA) is 80.2 Å². The Bertz CT molecular complexity index is 521. The number of hydrogen-bond acceptors (Lipinski definition) is 5. The standard InChI is InChI=1S/C7H4N6/c1-2-9-5-4(8-1)12-6-7(13-5)11-3-10-6/h1-3H,(H,8,9,10,11,12,13). The van der Waals surface area contributed by atoms with Crippen molar-refractivity contribution in [3.8, 4) is 0 Å². The third-order valence-electron chi connectivity index (χ3n) is 1.69. The first-order valence-electron chi connectivity index (χ1n) is 3.71. The molecule has 0 amide bonds. The van der Waals surface area contributed by atoms with Gasteiger partial charge in [-0.15, -0.1) is 0 Å². The van der Waals surface area contributed by atoms with Crippen LogP contribution in [0.3, 0.4) is 0 Å². The summed E-state index contributed by atoms with van der Waals surface area (Å²) in [6.45, 7) is 0. The molecule has 0 spiro atoms. The molecular formula is C7H4N6. The second-order valence-corrected chi connectivity index (χ2v) is 2.51. The molecule has 13 heavy (non-hydrogen) atoms. The summed E-state index contributed by atoms with van der Waals surface area (Å²) in [5, 5.41) is 0. The van der Waals surface area contributed by atoms with Gasteiger partial charge in [-0.3, -0.25) is 0 Å². The van der Waals surface area contributed by atoms with Crippen LogP contribution in [0.5, 0.6) is 0 Å². The smallest absolute Gasteiger partial charge is 0.201 e.